The summed E-state index contributed by atoms with van der Waals surface area (Å²) in [5.41, 5.74) is 0. The first-order valence-corrected chi connectivity index (χ1v) is 7.10. The molecule has 0 heterocycles. The van der Waals surface area contributed by atoms with E-state index in [2.05, 4.69) is 63.9 Å². The van der Waals surface area contributed by atoms with Crippen molar-refractivity contribution in [3.63, 3.8) is 0 Å². The van der Waals surface area contributed by atoms with Gasteiger partial charge in [-0.05, 0) is 35.1 Å². The van der Waals surface area contributed by atoms with E-state index in [1.807, 2.05) is 0 Å². The lowest BCUT2D eigenvalue weighted by molar-refractivity contribution is -0.888. The zero-order valence-electron chi connectivity index (χ0n) is 13.7. The number of quaternary nitrogens is 1. The third-order valence-electron chi connectivity index (χ3n) is 3.74. The third kappa shape index (κ3) is 9.83. The van der Waals surface area contributed by atoms with Gasteiger partial charge < -0.3 is 14.3 Å². The SMILES string of the molecule is CC[N+](C)(C)CCN(C)CCN(C)CCN(C)C. The zero-order chi connectivity index (χ0) is 14.2. The van der Waals surface area contributed by atoms with E-state index in [9.17, 15) is 0 Å². The molecule has 4 heteroatoms. The Morgan fingerprint density at radius 1 is 0.722 bits per heavy atom. The van der Waals surface area contributed by atoms with Crippen LogP contribution in [0.15, 0.2) is 0 Å². The van der Waals surface area contributed by atoms with Gasteiger partial charge in [-0.2, -0.15) is 0 Å². The van der Waals surface area contributed by atoms with Gasteiger partial charge in [0.05, 0.1) is 27.2 Å². The van der Waals surface area contributed by atoms with E-state index in [4.69, 9.17) is 0 Å². The summed E-state index contributed by atoms with van der Waals surface area (Å²) >= 11 is 0. The second kappa shape index (κ2) is 8.86. The van der Waals surface area contributed by atoms with Crippen molar-refractivity contribution in [2.75, 3.05) is 88.1 Å². The highest BCUT2D eigenvalue weighted by atomic mass is 15.3. The molecule has 0 aromatic heterocycles. The van der Waals surface area contributed by atoms with E-state index in [1.165, 1.54) is 19.6 Å². The number of hydrogen-bond donors (Lipinski definition) is 0. The Bertz CT molecular complexity index is 204. The molecule has 110 valence electrons. The van der Waals surface area contributed by atoms with E-state index < -0.39 is 0 Å². The van der Waals surface area contributed by atoms with Crippen molar-refractivity contribution < 1.29 is 4.48 Å². The monoisotopic (exact) mass is 259 g/mol. The largest absolute Gasteiger partial charge is 0.328 e. The maximum atomic E-state index is 2.45. The molecule has 0 radical (unpaired) electrons. The van der Waals surface area contributed by atoms with Gasteiger partial charge in [0.1, 0.15) is 0 Å². The summed E-state index contributed by atoms with van der Waals surface area (Å²) in [4.78, 5) is 7.10. The molecule has 0 N–H and O–H groups in total. The molecule has 0 rings (SSSR count). The van der Waals surface area contributed by atoms with Crippen LogP contribution in [0.2, 0.25) is 0 Å². The Morgan fingerprint density at radius 2 is 1.17 bits per heavy atom. The van der Waals surface area contributed by atoms with Crippen molar-refractivity contribution in [3.8, 4) is 0 Å². The average molecular weight is 259 g/mol. The molecule has 0 unspecified atom stereocenters. The highest BCUT2D eigenvalue weighted by Gasteiger charge is 2.12. The van der Waals surface area contributed by atoms with Crippen LogP contribution in [-0.4, -0.2) is 107 Å². The molecule has 0 aliphatic heterocycles. The molecule has 0 amide bonds. The van der Waals surface area contributed by atoms with Gasteiger partial charge in [0.25, 0.3) is 0 Å². The van der Waals surface area contributed by atoms with Gasteiger partial charge in [-0.15, -0.1) is 0 Å². The predicted molar refractivity (Wildman–Crippen MR) is 81.1 cm³/mol. The standard InChI is InChI=1S/C14H35N4/c1-8-18(6,7)14-13-17(5)12-11-16(4)10-9-15(2)3/h8-14H2,1-7H3/q+1. The van der Waals surface area contributed by atoms with Crippen LogP contribution >= 0.6 is 0 Å². The molecule has 0 fully saturated rings. The van der Waals surface area contributed by atoms with Gasteiger partial charge in [0, 0.05) is 32.7 Å². The highest BCUT2D eigenvalue weighted by Crippen LogP contribution is 1.96. The molecule has 18 heavy (non-hydrogen) atoms. The molecule has 0 saturated heterocycles. The average Bonchev–Trinajstić information content (AvgIpc) is 2.31. The smallest absolute Gasteiger partial charge is 0.0911 e. The number of likely N-dealkylation sites (N-methyl/N-ethyl adjacent to an activating group) is 4. The van der Waals surface area contributed by atoms with Crippen molar-refractivity contribution >= 4 is 0 Å². The van der Waals surface area contributed by atoms with Gasteiger partial charge in [0.15, 0.2) is 0 Å². The minimum atomic E-state index is 1.11. The molecule has 0 bridgehead atoms. The van der Waals surface area contributed by atoms with Gasteiger partial charge >= 0.3 is 0 Å². The van der Waals surface area contributed by atoms with Crippen LogP contribution in [0.1, 0.15) is 6.92 Å². The van der Waals surface area contributed by atoms with Gasteiger partial charge in [-0.1, -0.05) is 0 Å². The van der Waals surface area contributed by atoms with Gasteiger partial charge in [0.2, 0.25) is 0 Å². The lowest BCUT2D eigenvalue weighted by atomic mass is 10.4. The number of rotatable bonds is 10. The molecule has 0 aliphatic carbocycles. The molecule has 0 atom stereocenters. The Morgan fingerprint density at radius 3 is 1.61 bits per heavy atom. The van der Waals surface area contributed by atoms with Crippen LogP contribution in [0.3, 0.4) is 0 Å². The first-order chi connectivity index (χ1) is 8.26. The number of hydrogen-bond acceptors (Lipinski definition) is 3. The molecule has 0 aromatic rings. The van der Waals surface area contributed by atoms with Crippen LogP contribution in [-0.2, 0) is 0 Å². The topological polar surface area (TPSA) is 9.72 Å². The first-order valence-electron chi connectivity index (χ1n) is 7.10. The second-order valence-electron chi connectivity index (χ2n) is 6.39. The van der Waals surface area contributed by atoms with Crippen molar-refractivity contribution in [2.24, 2.45) is 0 Å². The Labute approximate surface area is 115 Å². The van der Waals surface area contributed by atoms with Crippen LogP contribution in [0.25, 0.3) is 0 Å². The van der Waals surface area contributed by atoms with Crippen LogP contribution in [0.5, 0.6) is 0 Å². The molecule has 0 spiro atoms. The zero-order valence-corrected chi connectivity index (χ0v) is 13.7. The molecule has 0 aromatic carbocycles. The minimum Gasteiger partial charge on any atom is -0.328 e. The van der Waals surface area contributed by atoms with E-state index in [-0.39, 0.29) is 0 Å². The molecule has 0 aliphatic rings. The van der Waals surface area contributed by atoms with E-state index in [0.29, 0.717) is 0 Å². The summed E-state index contributed by atoms with van der Waals surface area (Å²) in [6, 6.07) is 0. The maximum absolute atomic E-state index is 2.45. The van der Waals surface area contributed by atoms with Crippen molar-refractivity contribution in [1.29, 1.82) is 0 Å². The van der Waals surface area contributed by atoms with Crippen LogP contribution < -0.4 is 0 Å². The quantitative estimate of drug-likeness (QED) is 0.529. The van der Waals surface area contributed by atoms with Crippen LogP contribution in [0.4, 0.5) is 0 Å². The predicted octanol–water partition coefficient (Wildman–Crippen LogP) is 0.508. The summed E-state index contributed by atoms with van der Waals surface area (Å²) in [6.07, 6.45) is 0. The van der Waals surface area contributed by atoms with Gasteiger partial charge in [-0.25, -0.2) is 0 Å². The second-order valence-corrected chi connectivity index (χ2v) is 6.39. The van der Waals surface area contributed by atoms with E-state index in [1.54, 1.807) is 0 Å². The van der Waals surface area contributed by atoms with Crippen molar-refractivity contribution in [2.45, 2.75) is 6.92 Å². The maximum Gasteiger partial charge on any atom is 0.0911 e. The van der Waals surface area contributed by atoms with E-state index >= 15 is 0 Å². The first kappa shape index (κ1) is 17.8. The van der Waals surface area contributed by atoms with Crippen molar-refractivity contribution in [3.05, 3.63) is 0 Å². The summed E-state index contributed by atoms with van der Waals surface area (Å²) in [5, 5.41) is 0. The fourth-order valence-corrected chi connectivity index (χ4v) is 1.54. The Kier molecular flexibility index (Phi) is 8.78. The summed E-state index contributed by atoms with van der Waals surface area (Å²) in [6.45, 7) is 10.5. The fourth-order valence-electron chi connectivity index (χ4n) is 1.54. The fraction of sp³-hybridized carbons (Fsp3) is 1.00. The molecular weight excluding hydrogens is 224 g/mol. The lowest BCUT2D eigenvalue weighted by Gasteiger charge is -2.31. The molecule has 4 nitrogen and oxygen atoms in total. The minimum absolute atomic E-state index is 1.11. The molecule has 0 saturated carbocycles. The Hall–Kier alpha value is -0.160. The van der Waals surface area contributed by atoms with E-state index in [0.717, 1.165) is 30.7 Å². The molecular formula is C14H35N4+. The summed E-state index contributed by atoms with van der Waals surface area (Å²) in [7, 11) is 13.3. The van der Waals surface area contributed by atoms with Crippen LogP contribution in [0, 0.1) is 0 Å². The van der Waals surface area contributed by atoms with Crippen molar-refractivity contribution in [1.82, 2.24) is 14.7 Å². The summed E-state index contributed by atoms with van der Waals surface area (Å²) in [5.74, 6) is 0. The summed E-state index contributed by atoms with van der Waals surface area (Å²) < 4.78 is 1.11. The normalized spacial score (nSPS) is 13.0. The highest BCUT2D eigenvalue weighted by molar-refractivity contribution is 4.58. The van der Waals surface area contributed by atoms with Gasteiger partial charge in [-0.3, -0.25) is 4.90 Å². The number of nitrogens with zero attached hydrogens (tertiary/aromatic N) is 4. The Balaban J connectivity index is 3.66. The third-order valence-corrected chi connectivity index (χ3v) is 3.74. The lowest BCUT2D eigenvalue weighted by Crippen LogP contribution is -2.45.